The first kappa shape index (κ1) is 12.4. The molecule has 0 aliphatic rings. The molecule has 0 rings (SSSR count). The zero-order chi connectivity index (χ0) is 11.1. The van der Waals surface area contributed by atoms with Gasteiger partial charge in [-0.05, 0) is 6.92 Å². The van der Waals surface area contributed by atoms with Gasteiger partial charge in [0.1, 0.15) is 6.04 Å². The van der Waals surface area contributed by atoms with Gasteiger partial charge in [-0.25, -0.2) is 4.79 Å². The number of nitrogens with one attached hydrogen (secondary N) is 2. The van der Waals surface area contributed by atoms with Crippen LogP contribution >= 0.6 is 0 Å². The van der Waals surface area contributed by atoms with Crippen molar-refractivity contribution in [3.63, 3.8) is 0 Å². The van der Waals surface area contributed by atoms with Gasteiger partial charge in [-0.3, -0.25) is 9.59 Å². The van der Waals surface area contributed by atoms with Crippen molar-refractivity contribution < 1.29 is 19.1 Å². The highest BCUT2D eigenvalue weighted by atomic mass is 16.5. The van der Waals surface area contributed by atoms with Gasteiger partial charge in [0.2, 0.25) is 11.8 Å². The molecule has 0 fully saturated rings. The van der Waals surface area contributed by atoms with E-state index in [-0.39, 0.29) is 12.5 Å². The summed E-state index contributed by atoms with van der Waals surface area (Å²) in [5.74, 6) is -1.26. The fourth-order valence-electron chi connectivity index (χ4n) is 0.733. The van der Waals surface area contributed by atoms with Crippen LogP contribution in [-0.4, -0.2) is 37.5 Å². The lowest BCUT2D eigenvalue weighted by Crippen LogP contribution is -2.44. The topological polar surface area (TPSA) is 84.5 Å². The molecular formula is C8H14N2O4. The third kappa shape index (κ3) is 5.13. The molecule has 0 saturated heterocycles. The van der Waals surface area contributed by atoms with Gasteiger partial charge in [0, 0.05) is 6.92 Å². The first-order chi connectivity index (χ1) is 6.47. The number of hydrogen-bond acceptors (Lipinski definition) is 4. The van der Waals surface area contributed by atoms with Crippen molar-refractivity contribution in [3.8, 4) is 0 Å². The Hall–Kier alpha value is -1.59. The molecular weight excluding hydrogens is 188 g/mol. The van der Waals surface area contributed by atoms with Gasteiger partial charge in [-0.15, -0.1) is 0 Å². The Kier molecular flexibility index (Phi) is 5.28. The molecule has 1 atom stereocenters. The maximum absolute atomic E-state index is 11.0. The van der Waals surface area contributed by atoms with Crippen LogP contribution in [0, 0.1) is 0 Å². The van der Waals surface area contributed by atoms with Gasteiger partial charge >= 0.3 is 5.97 Å². The van der Waals surface area contributed by atoms with Crippen molar-refractivity contribution in [2.75, 3.05) is 13.7 Å². The monoisotopic (exact) mass is 202 g/mol. The lowest BCUT2D eigenvalue weighted by atomic mass is 10.3. The number of hydrogen-bond donors (Lipinski definition) is 2. The molecule has 80 valence electrons. The molecule has 0 spiro atoms. The van der Waals surface area contributed by atoms with Gasteiger partial charge in [0.25, 0.3) is 0 Å². The van der Waals surface area contributed by atoms with Crippen LogP contribution in [-0.2, 0) is 19.1 Å². The maximum Gasteiger partial charge on any atom is 0.328 e. The largest absolute Gasteiger partial charge is 0.467 e. The molecule has 2 N–H and O–H groups in total. The van der Waals surface area contributed by atoms with Crippen LogP contribution in [0.5, 0.6) is 0 Å². The molecule has 6 nitrogen and oxygen atoms in total. The SMILES string of the molecule is COC(=O)C(C)NC(=O)CNC(C)=O. The standard InChI is InChI=1S/C8H14N2O4/c1-5(8(13)14-3)10-7(12)4-9-6(2)11/h5H,4H2,1-3H3,(H,9,11)(H,10,12). The highest BCUT2D eigenvalue weighted by Gasteiger charge is 2.15. The molecule has 0 heterocycles. The van der Waals surface area contributed by atoms with Crippen molar-refractivity contribution in [1.82, 2.24) is 10.6 Å². The van der Waals surface area contributed by atoms with Crippen LogP contribution in [0.2, 0.25) is 0 Å². The summed E-state index contributed by atoms with van der Waals surface area (Å²) in [7, 11) is 1.23. The van der Waals surface area contributed by atoms with Crippen molar-refractivity contribution in [2.24, 2.45) is 0 Å². The molecule has 0 aromatic rings. The van der Waals surface area contributed by atoms with E-state index in [9.17, 15) is 14.4 Å². The number of carbonyl (C=O) groups excluding carboxylic acids is 3. The summed E-state index contributed by atoms with van der Waals surface area (Å²) in [6.07, 6.45) is 0. The number of methoxy groups -OCH3 is 1. The van der Waals surface area contributed by atoms with Gasteiger partial charge in [0.15, 0.2) is 0 Å². The minimum absolute atomic E-state index is 0.142. The van der Waals surface area contributed by atoms with Crippen LogP contribution in [0.15, 0.2) is 0 Å². The molecule has 1 unspecified atom stereocenters. The maximum atomic E-state index is 11.0. The molecule has 0 aliphatic heterocycles. The minimum atomic E-state index is -0.707. The van der Waals surface area contributed by atoms with Gasteiger partial charge in [-0.2, -0.15) is 0 Å². The molecule has 14 heavy (non-hydrogen) atoms. The van der Waals surface area contributed by atoms with E-state index < -0.39 is 17.9 Å². The van der Waals surface area contributed by atoms with Crippen LogP contribution in [0.3, 0.4) is 0 Å². The highest BCUT2D eigenvalue weighted by molar-refractivity contribution is 5.87. The number of amides is 2. The van der Waals surface area contributed by atoms with E-state index in [1.807, 2.05) is 0 Å². The molecule has 6 heteroatoms. The Morgan fingerprint density at radius 3 is 2.36 bits per heavy atom. The zero-order valence-electron chi connectivity index (χ0n) is 8.42. The Morgan fingerprint density at radius 1 is 1.36 bits per heavy atom. The van der Waals surface area contributed by atoms with Gasteiger partial charge < -0.3 is 15.4 Å². The third-order valence-corrected chi connectivity index (χ3v) is 1.43. The summed E-state index contributed by atoms with van der Waals surface area (Å²) in [6.45, 7) is 2.66. The van der Waals surface area contributed by atoms with E-state index in [0.717, 1.165) is 0 Å². The van der Waals surface area contributed by atoms with Crippen LogP contribution < -0.4 is 10.6 Å². The van der Waals surface area contributed by atoms with Crippen molar-refractivity contribution >= 4 is 17.8 Å². The van der Waals surface area contributed by atoms with E-state index in [4.69, 9.17) is 0 Å². The smallest absolute Gasteiger partial charge is 0.328 e. The summed E-state index contributed by atoms with van der Waals surface area (Å²) in [6, 6.07) is -0.707. The second-order valence-corrected chi connectivity index (χ2v) is 2.72. The lowest BCUT2D eigenvalue weighted by Gasteiger charge is -2.11. The first-order valence-corrected chi connectivity index (χ1v) is 4.09. The average molecular weight is 202 g/mol. The van der Waals surface area contributed by atoms with E-state index in [0.29, 0.717) is 0 Å². The first-order valence-electron chi connectivity index (χ1n) is 4.09. The molecule has 0 bridgehead atoms. The molecule has 0 aliphatic carbocycles. The van der Waals surface area contributed by atoms with Gasteiger partial charge in [0.05, 0.1) is 13.7 Å². The second kappa shape index (κ2) is 5.95. The fourth-order valence-corrected chi connectivity index (χ4v) is 0.733. The summed E-state index contributed by atoms with van der Waals surface area (Å²) in [4.78, 5) is 32.3. The Balaban J connectivity index is 3.82. The molecule has 0 aromatic carbocycles. The highest BCUT2D eigenvalue weighted by Crippen LogP contribution is 1.84. The fraction of sp³-hybridized carbons (Fsp3) is 0.625. The van der Waals surface area contributed by atoms with E-state index >= 15 is 0 Å². The number of esters is 1. The van der Waals surface area contributed by atoms with Gasteiger partial charge in [-0.1, -0.05) is 0 Å². The predicted octanol–water partition coefficient (Wildman–Crippen LogP) is -1.20. The van der Waals surface area contributed by atoms with E-state index in [1.54, 1.807) is 0 Å². The molecule has 2 amide bonds. The van der Waals surface area contributed by atoms with Crippen molar-refractivity contribution in [2.45, 2.75) is 19.9 Å². The summed E-state index contributed by atoms with van der Waals surface area (Å²) in [5.41, 5.74) is 0. The number of carbonyl (C=O) groups is 3. The molecule has 0 radical (unpaired) electrons. The third-order valence-electron chi connectivity index (χ3n) is 1.43. The lowest BCUT2D eigenvalue weighted by molar-refractivity contribution is -0.144. The minimum Gasteiger partial charge on any atom is -0.467 e. The zero-order valence-corrected chi connectivity index (χ0v) is 8.42. The normalized spacial score (nSPS) is 11.4. The summed E-state index contributed by atoms with van der Waals surface area (Å²) in [5, 5.41) is 4.66. The Labute approximate surface area is 82.0 Å². The van der Waals surface area contributed by atoms with Crippen molar-refractivity contribution in [1.29, 1.82) is 0 Å². The van der Waals surface area contributed by atoms with Crippen molar-refractivity contribution in [3.05, 3.63) is 0 Å². The van der Waals surface area contributed by atoms with Crippen LogP contribution in [0.4, 0.5) is 0 Å². The van der Waals surface area contributed by atoms with E-state index in [2.05, 4.69) is 15.4 Å². The number of ether oxygens (including phenoxy) is 1. The van der Waals surface area contributed by atoms with E-state index in [1.165, 1.54) is 21.0 Å². The second-order valence-electron chi connectivity index (χ2n) is 2.72. The van der Waals surface area contributed by atoms with Crippen LogP contribution in [0.1, 0.15) is 13.8 Å². The summed E-state index contributed by atoms with van der Waals surface area (Å²) < 4.78 is 4.40. The number of rotatable bonds is 4. The molecule has 0 saturated carbocycles. The Bertz CT molecular complexity index is 239. The Morgan fingerprint density at radius 2 is 1.93 bits per heavy atom. The predicted molar refractivity (Wildman–Crippen MR) is 48.3 cm³/mol. The summed E-state index contributed by atoms with van der Waals surface area (Å²) >= 11 is 0. The average Bonchev–Trinajstić information content (AvgIpc) is 2.13. The molecule has 0 aromatic heterocycles. The van der Waals surface area contributed by atoms with Crippen LogP contribution in [0.25, 0.3) is 0 Å². The quantitative estimate of drug-likeness (QED) is 0.561.